The molecule has 0 amide bonds. The van der Waals surface area contributed by atoms with Crippen molar-refractivity contribution in [3.05, 3.63) is 59.7 Å². The normalized spacial score (nSPS) is 15.8. The molecule has 118 valence electrons. The first kappa shape index (κ1) is 15.4. The van der Waals surface area contributed by atoms with Crippen LogP contribution >= 0.6 is 0 Å². The molecule has 4 heteroatoms. The average Bonchev–Trinajstić information content (AvgIpc) is 2.61. The molecular weight excluding hydrogens is 288 g/mol. The third-order valence-corrected chi connectivity index (χ3v) is 4.35. The summed E-state index contributed by atoms with van der Waals surface area (Å²) >= 11 is 0. The lowest BCUT2D eigenvalue weighted by molar-refractivity contribution is 0.0697. The van der Waals surface area contributed by atoms with Gasteiger partial charge in [-0.1, -0.05) is 43.5 Å². The summed E-state index contributed by atoms with van der Waals surface area (Å²) in [6, 6.07) is 14.7. The first-order chi connectivity index (χ1) is 11.2. The molecule has 0 heterocycles. The molecule has 1 aliphatic rings. The van der Waals surface area contributed by atoms with Crippen LogP contribution in [0, 0.1) is 0 Å². The first-order valence-corrected chi connectivity index (χ1v) is 8.08. The van der Waals surface area contributed by atoms with Gasteiger partial charge in [0.2, 0.25) is 0 Å². The Hall–Kier alpha value is -2.49. The molecule has 0 aliphatic heterocycles. The van der Waals surface area contributed by atoms with E-state index >= 15 is 0 Å². The van der Waals surface area contributed by atoms with Crippen LogP contribution < -0.4 is 0 Å². The Balaban J connectivity index is 1.85. The topological polar surface area (TPSA) is 62.0 Å². The molecule has 1 N–H and O–H groups in total. The van der Waals surface area contributed by atoms with Crippen molar-refractivity contribution in [3.63, 3.8) is 0 Å². The van der Waals surface area contributed by atoms with Gasteiger partial charge in [-0.2, -0.15) is 10.2 Å². The number of rotatable bonds is 4. The number of carboxylic acids is 1. The van der Waals surface area contributed by atoms with Crippen LogP contribution in [-0.4, -0.2) is 11.1 Å². The quantitative estimate of drug-likeness (QED) is 0.720. The molecule has 2 aromatic rings. The molecule has 3 rings (SSSR count). The van der Waals surface area contributed by atoms with Crippen molar-refractivity contribution < 1.29 is 9.90 Å². The molecule has 0 radical (unpaired) electrons. The standard InChI is InChI=1S/C19H20N2O2/c22-19(23)15-9-6-10-16(13-15)20-21-18-12-5-4-11-17(18)14-7-2-1-3-8-14/h4-6,9-14H,1-3,7-8H2,(H,22,23). The smallest absolute Gasteiger partial charge is 0.335 e. The molecule has 1 saturated carbocycles. The van der Waals surface area contributed by atoms with E-state index in [0.29, 0.717) is 11.6 Å². The van der Waals surface area contributed by atoms with Crippen molar-refractivity contribution >= 4 is 17.3 Å². The van der Waals surface area contributed by atoms with Gasteiger partial charge in [-0.05, 0) is 48.6 Å². The number of nitrogens with zero attached hydrogens (tertiary/aromatic N) is 2. The molecule has 0 saturated heterocycles. The minimum atomic E-state index is -0.954. The van der Waals surface area contributed by atoms with Gasteiger partial charge < -0.3 is 5.11 Å². The number of hydrogen-bond donors (Lipinski definition) is 1. The van der Waals surface area contributed by atoms with Crippen LogP contribution in [0.2, 0.25) is 0 Å². The van der Waals surface area contributed by atoms with Gasteiger partial charge in [0.25, 0.3) is 0 Å². The third-order valence-electron chi connectivity index (χ3n) is 4.35. The fourth-order valence-corrected chi connectivity index (χ4v) is 3.15. The second-order valence-electron chi connectivity index (χ2n) is 5.95. The van der Waals surface area contributed by atoms with Gasteiger partial charge in [0, 0.05) is 0 Å². The fraction of sp³-hybridized carbons (Fsp3) is 0.316. The van der Waals surface area contributed by atoms with Gasteiger partial charge in [-0.15, -0.1) is 0 Å². The zero-order valence-corrected chi connectivity index (χ0v) is 13.0. The fourth-order valence-electron chi connectivity index (χ4n) is 3.15. The zero-order chi connectivity index (χ0) is 16.1. The molecule has 23 heavy (non-hydrogen) atoms. The molecule has 1 fully saturated rings. The summed E-state index contributed by atoms with van der Waals surface area (Å²) < 4.78 is 0. The minimum Gasteiger partial charge on any atom is -0.478 e. The maximum atomic E-state index is 11.0. The van der Waals surface area contributed by atoms with Crippen molar-refractivity contribution in [2.24, 2.45) is 10.2 Å². The molecule has 0 atom stereocenters. The lowest BCUT2D eigenvalue weighted by Gasteiger charge is -2.22. The Kier molecular flexibility index (Phi) is 4.81. The summed E-state index contributed by atoms with van der Waals surface area (Å²) in [5, 5.41) is 17.7. The molecule has 2 aromatic carbocycles. The third kappa shape index (κ3) is 3.83. The Morgan fingerprint density at radius 3 is 2.52 bits per heavy atom. The predicted octanol–water partition coefficient (Wildman–Crippen LogP) is 5.85. The minimum absolute atomic E-state index is 0.224. The lowest BCUT2D eigenvalue weighted by atomic mass is 9.83. The molecule has 1 aliphatic carbocycles. The summed E-state index contributed by atoms with van der Waals surface area (Å²) in [4.78, 5) is 11.0. The summed E-state index contributed by atoms with van der Waals surface area (Å²) in [5.41, 5.74) is 2.93. The lowest BCUT2D eigenvalue weighted by Crippen LogP contribution is -2.04. The number of aromatic carboxylic acids is 1. The first-order valence-electron chi connectivity index (χ1n) is 8.08. The highest BCUT2D eigenvalue weighted by Crippen LogP contribution is 2.37. The Bertz CT molecular complexity index is 719. The predicted molar refractivity (Wildman–Crippen MR) is 89.8 cm³/mol. The van der Waals surface area contributed by atoms with Crippen molar-refractivity contribution in [2.45, 2.75) is 38.0 Å². The van der Waals surface area contributed by atoms with E-state index in [9.17, 15) is 4.79 Å². The van der Waals surface area contributed by atoms with Gasteiger partial charge in [-0.3, -0.25) is 0 Å². The second kappa shape index (κ2) is 7.18. The molecule has 0 bridgehead atoms. The monoisotopic (exact) mass is 308 g/mol. The van der Waals surface area contributed by atoms with Gasteiger partial charge in [0.1, 0.15) is 0 Å². The zero-order valence-electron chi connectivity index (χ0n) is 13.0. The van der Waals surface area contributed by atoms with E-state index in [2.05, 4.69) is 16.3 Å². The summed E-state index contributed by atoms with van der Waals surface area (Å²) in [5.74, 6) is -0.395. The molecule has 0 aromatic heterocycles. The highest BCUT2D eigenvalue weighted by atomic mass is 16.4. The van der Waals surface area contributed by atoms with Gasteiger partial charge in [-0.25, -0.2) is 4.79 Å². The van der Waals surface area contributed by atoms with Gasteiger partial charge in [0.05, 0.1) is 16.9 Å². The van der Waals surface area contributed by atoms with Crippen molar-refractivity contribution in [1.29, 1.82) is 0 Å². The van der Waals surface area contributed by atoms with Crippen molar-refractivity contribution in [3.8, 4) is 0 Å². The van der Waals surface area contributed by atoms with Crippen LogP contribution in [0.15, 0.2) is 58.8 Å². The van der Waals surface area contributed by atoms with E-state index in [1.54, 1.807) is 18.2 Å². The van der Waals surface area contributed by atoms with E-state index in [4.69, 9.17) is 5.11 Å². The van der Waals surface area contributed by atoms with E-state index in [-0.39, 0.29) is 5.56 Å². The SMILES string of the molecule is O=C(O)c1cccc(N=Nc2ccccc2C2CCCCC2)c1. The Labute approximate surface area is 135 Å². The molecule has 0 spiro atoms. The Morgan fingerprint density at radius 1 is 0.957 bits per heavy atom. The van der Waals surface area contributed by atoms with E-state index in [1.807, 2.05) is 18.2 Å². The number of carbonyl (C=O) groups is 1. The van der Waals surface area contributed by atoms with Crippen LogP contribution in [0.4, 0.5) is 11.4 Å². The van der Waals surface area contributed by atoms with Gasteiger partial charge >= 0.3 is 5.97 Å². The van der Waals surface area contributed by atoms with Crippen molar-refractivity contribution in [1.82, 2.24) is 0 Å². The molecule has 4 nitrogen and oxygen atoms in total. The number of azo groups is 1. The number of carboxylic acid groups (broad SMARTS) is 1. The maximum absolute atomic E-state index is 11.0. The number of benzene rings is 2. The van der Waals surface area contributed by atoms with Crippen LogP contribution in [0.3, 0.4) is 0 Å². The van der Waals surface area contributed by atoms with E-state index in [0.717, 1.165) is 5.69 Å². The van der Waals surface area contributed by atoms with Crippen LogP contribution in [0.1, 0.15) is 53.9 Å². The van der Waals surface area contributed by atoms with Crippen LogP contribution in [0.25, 0.3) is 0 Å². The maximum Gasteiger partial charge on any atom is 0.335 e. The van der Waals surface area contributed by atoms with E-state index < -0.39 is 5.97 Å². The number of hydrogen-bond acceptors (Lipinski definition) is 3. The highest BCUT2D eigenvalue weighted by molar-refractivity contribution is 5.88. The average molecular weight is 308 g/mol. The van der Waals surface area contributed by atoms with Gasteiger partial charge in [0.15, 0.2) is 0 Å². The van der Waals surface area contributed by atoms with Crippen LogP contribution in [-0.2, 0) is 0 Å². The van der Waals surface area contributed by atoms with E-state index in [1.165, 1.54) is 43.7 Å². The largest absolute Gasteiger partial charge is 0.478 e. The Morgan fingerprint density at radius 2 is 1.74 bits per heavy atom. The highest BCUT2D eigenvalue weighted by Gasteiger charge is 2.18. The summed E-state index contributed by atoms with van der Waals surface area (Å²) in [6.07, 6.45) is 6.29. The van der Waals surface area contributed by atoms with Crippen LogP contribution in [0.5, 0.6) is 0 Å². The second-order valence-corrected chi connectivity index (χ2v) is 5.95. The summed E-state index contributed by atoms with van der Waals surface area (Å²) in [7, 11) is 0. The van der Waals surface area contributed by atoms with Crippen molar-refractivity contribution in [2.75, 3.05) is 0 Å². The molecular formula is C19H20N2O2. The summed E-state index contributed by atoms with van der Waals surface area (Å²) in [6.45, 7) is 0. The molecule has 0 unspecified atom stereocenters.